The number of hydrogen-bond acceptors (Lipinski definition) is 4. The Kier molecular flexibility index (Phi) is 10.1. The van der Waals surface area contributed by atoms with Crippen LogP contribution in [0.4, 0.5) is 51.2 Å². The first-order chi connectivity index (χ1) is 40.3. The summed E-state index contributed by atoms with van der Waals surface area (Å²) < 4.78 is 49.8. The second-order valence-corrected chi connectivity index (χ2v) is 30.9. The molecule has 410 valence electrons. The summed E-state index contributed by atoms with van der Waals surface area (Å²) >= 11 is 1.98. The van der Waals surface area contributed by atoms with E-state index in [4.69, 9.17) is 1.37 Å². The van der Waals surface area contributed by atoms with Gasteiger partial charge in [0.05, 0.1) is 18.2 Å². The fourth-order valence-electron chi connectivity index (χ4n) is 15.2. The van der Waals surface area contributed by atoms with Crippen molar-refractivity contribution in [2.45, 2.75) is 180 Å². The molecule has 0 radical (unpaired) electrons. The lowest BCUT2D eigenvalue weighted by Gasteiger charge is -2.47. The van der Waals surface area contributed by atoms with Gasteiger partial charge in [-0.2, -0.15) is 0 Å². The van der Waals surface area contributed by atoms with Crippen LogP contribution in [0.3, 0.4) is 0 Å². The van der Waals surface area contributed by atoms with Gasteiger partial charge in [-0.05, 0) is 216 Å². The Morgan fingerprint density at radius 2 is 1.00 bits per heavy atom. The van der Waals surface area contributed by atoms with Crippen LogP contribution in [0.5, 0.6) is 0 Å². The minimum absolute atomic E-state index is 0.00130. The zero-order valence-corrected chi connectivity index (χ0v) is 51.4. The highest BCUT2D eigenvalue weighted by Gasteiger charge is 2.50. The van der Waals surface area contributed by atoms with Gasteiger partial charge in [0.2, 0.25) is 0 Å². The number of fused-ring (bicyclic) bond motifs is 10. The van der Waals surface area contributed by atoms with Gasteiger partial charge >= 0.3 is 0 Å². The van der Waals surface area contributed by atoms with Gasteiger partial charge in [0.25, 0.3) is 6.71 Å². The molecule has 0 unspecified atom stereocenters. The van der Waals surface area contributed by atoms with Crippen LogP contribution in [0.15, 0.2) is 152 Å². The molecule has 0 bridgehead atoms. The number of benzene rings is 8. The molecular formula is C76H82BN3S. The number of anilines is 9. The van der Waals surface area contributed by atoms with Crippen molar-refractivity contribution in [3.63, 3.8) is 0 Å². The molecule has 3 heterocycles. The first-order valence-electron chi connectivity index (χ1n) is 32.5. The van der Waals surface area contributed by atoms with Crippen LogP contribution in [-0.4, -0.2) is 6.71 Å². The van der Waals surface area contributed by atoms with E-state index in [-0.39, 0.29) is 74.5 Å². The van der Waals surface area contributed by atoms with Crippen molar-refractivity contribution in [1.29, 1.82) is 0 Å². The first kappa shape index (κ1) is 47.0. The van der Waals surface area contributed by atoms with Crippen molar-refractivity contribution < 1.29 is 6.85 Å². The van der Waals surface area contributed by atoms with Crippen LogP contribution in [0.1, 0.15) is 188 Å². The van der Waals surface area contributed by atoms with Gasteiger partial charge in [0.15, 0.2) is 0 Å². The molecule has 1 aromatic heterocycles. The summed E-state index contributed by atoms with van der Waals surface area (Å²) in [7, 11) is 0. The molecule has 0 spiro atoms. The van der Waals surface area contributed by atoms with Crippen molar-refractivity contribution in [2.75, 3.05) is 14.7 Å². The summed E-state index contributed by atoms with van der Waals surface area (Å²) in [6, 6.07) is 44.3. The van der Waals surface area contributed by atoms with Crippen molar-refractivity contribution >= 4 is 106 Å². The number of thiophene rings is 1. The lowest BCUT2D eigenvalue weighted by Crippen LogP contribution is -2.61. The average molecular weight is 1090 g/mol. The van der Waals surface area contributed by atoms with Crippen molar-refractivity contribution in [2.24, 2.45) is 0 Å². The van der Waals surface area contributed by atoms with Crippen LogP contribution in [0.2, 0.25) is 0 Å². The molecule has 0 saturated heterocycles. The zero-order chi connectivity index (χ0) is 61.1. The monoisotopic (exact) mass is 1080 g/mol. The molecule has 0 saturated carbocycles. The summed E-state index contributed by atoms with van der Waals surface area (Å²) in [5, 5.41) is 3.28. The Hall–Kier alpha value is -6.56. The second-order valence-electron chi connectivity index (χ2n) is 29.8. The van der Waals surface area contributed by atoms with Gasteiger partial charge in [-0.3, -0.25) is 0 Å². The first-order valence-corrected chi connectivity index (χ1v) is 30.8. The van der Waals surface area contributed by atoms with Crippen molar-refractivity contribution in [3.8, 4) is 0 Å². The van der Waals surface area contributed by atoms with Gasteiger partial charge < -0.3 is 14.7 Å². The zero-order valence-electron chi connectivity index (χ0n) is 55.6. The van der Waals surface area contributed by atoms with E-state index < -0.39 is 6.04 Å². The van der Waals surface area contributed by atoms with Crippen molar-refractivity contribution in [1.82, 2.24) is 0 Å². The maximum atomic E-state index is 9.86. The maximum absolute atomic E-state index is 9.86. The number of rotatable bonds is 5. The Balaban J connectivity index is 1.19. The second kappa shape index (κ2) is 17.5. The molecule has 3 nitrogen and oxygen atoms in total. The molecule has 3 aliphatic carbocycles. The quantitative estimate of drug-likeness (QED) is 0.159. The van der Waals surface area contributed by atoms with Crippen LogP contribution in [0.25, 0.3) is 20.9 Å². The predicted molar refractivity (Wildman–Crippen MR) is 353 cm³/mol. The number of nitrogens with zero attached hydrogens (tertiary/aromatic N) is 3. The highest BCUT2D eigenvalue weighted by molar-refractivity contribution is 7.33. The molecule has 0 amide bonds. The third-order valence-electron chi connectivity index (χ3n) is 20.6. The van der Waals surface area contributed by atoms with E-state index in [1.165, 1.54) is 70.4 Å². The predicted octanol–water partition coefficient (Wildman–Crippen LogP) is 20.0. The van der Waals surface area contributed by atoms with E-state index in [1.54, 1.807) is 0 Å². The highest BCUT2D eigenvalue weighted by atomic mass is 32.1. The lowest BCUT2D eigenvalue weighted by atomic mass is 9.35. The maximum Gasteiger partial charge on any atom is 0.264 e. The van der Waals surface area contributed by atoms with Gasteiger partial charge in [-0.25, -0.2) is 0 Å². The molecule has 14 rings (SSSR count). The molecule has 0 N–H and O–H groups in total. The minimum atomic E-state index is -0.420. The fourth-order valence-corrected chi connectivity index (χ4v) is 16.5. The SMILES string of the molecule is [2H]c1c([2H])c([2H])c(N(c2cc3c4c(c2)N(c2ccc5c(c2)C(C)(C)CCC5(C)C)c2c(sc5cc6c(cc25)C(C)(C)CCC6(C)C)B4c2cc4c(cc2N3c2ccc(C(C)(C)C)cc2)C(C)(C)CCC4(C)C)c2ccc3ccccc3c2)c([2H])c1[2H]. The Bertz CT molecular complexity index is 4360. The van der Waals surface area contributed by atoms with Crippen LogP contribution in [-0.2, 0) is 37.9 Å². The normalized spacial score (nSPS) is 20.1. The topological polar surface area (TPSA) is 9.72 Å². The van der Waals surface area contributed by atoms with Gasteiger partial charge in [-0.15, -0.1) is 11.3 Å². The molecular weight excluding hydrogens is 998 g/mol. The van der Waals surface area contributed by atoms with Gasteiger partial charge in [0.1, 0.15) is 0 Å². The van der Waals surface area contributed by atoms with E-state index in [1.807, 2.05) is 34.4 Å². The van der Waals surface area contributed by atoms with E-state index in [0.717, 1.165) is 77.7 Å². The highest BCUT2D eigenvalue weighted by Crippen LogP contribution is 2.57. The van der Waals surface area contributed by atoms with Crippen LogP contribution >= 0.6 is 11.3 Å². The number of hydrogen-bond donors (Lipinski definition) is 0. The summed E-state index contributed by atoms with van der Waals surface area (Å²) in [5.74, 6) is 0. The molecule has 0 fully saturated rings. The largest absolute Gasteiger partial charge is 0.311 e. The Labute approximate surface area is 495 Å². The van der Waals surface area contributed by atoms with E-state index in [2.05, 4.69) is 217 Å². The number of para-hydroxylation sites is 1. The third-order valence-corrected chi connectivity index (χ3v) is 21.8. The van der Waals surface area contributed by atoms with E-state index in [9.17, 15) is 5.48 Å². The standard InChI is InChI=1S/C76H82BN3S/c1-70(2,3)49-26-29-51(30-27-49)79-63-45-60-59(74(10,11)36-37-75(60,12)13)44-62(63)77-67-64(79)41-54(78(50-23-17-16-18-24-50)52-28-25-47-21-19-20-22-48(47)39-52)42-65(67)80(53-31-32-56-57(40-53)72(6,7)34-33-71(56,4)5)68-55-43-58-61(46-66(55)81-69(68)77)76(14,15)38-35-73(58,8)9/h16-32,39-46H,33-38H2,1-15H3/i16D,17D,18D,23D,24D. The Morgan fingerprint density at radius 3 is 1.62 bits per heavy atom. The minimum Gasteiger partial charge on any atom is -0.311 e. The fraction of sp³-hybridized carbons (Fsp3) is 0.368. The molecule has 81 heavy (non-hydrogen) atoms. The summed E-state index contributed by atoms with van der Waals surface area (Å²) in [4.78, 5) is 7.10. The lowest BCUT2D eigenvalue weighted by molar-refractivity contribution is 0.332. The third kappa shape index (κ3) is 8.08. The molecule has 5 aliphatic rings. The summed E-state index contributed by atoms with van der Waals surface area (Å²) in [5.41, 5.74) is 19.8. The van der Waals surface area contributed by atoms with Gasteiger partial charge in [0, 0.05) is 54.7 Å². The average Bonchev–Trinajstić information content (AvgIpc) is 1.23. The van der Waals surface area contributed by atoms with E-state index in [0.29, 0.717) is 11.4 Å². The van der Waals surface area contributed by atoms with E-state index >= 15 is 0 Å². The van der Waals surface area contributed by atoms with Gasteiger partial charge in [-0.1, -0.05) is 177 Å². The van der Waals surface area contributed by atoms with Crippen LogP contribution in [0, 0.1) is 0 Å². The summed E-state index contributed by atoms with van der Waals surface area (Å²) in [6.45, 7) is 35.8. The molecule has 2 aliphatic heterocycles. The molecule has 5 heteroatoms. The molecule has 0 atom stereocenters. The van der Waals surface area contributed by atoms with Crippen molar-refractivity contribution in [3.05, 3.63) is 190 Å². The molecule has 8 aromatic carbocycles. The summed E-state index contributed by atoms with van der Waals surface area (Å²) in [6.07, 6.45) is 6.56. The van der Waals surface area contributed by atoms with Crippen LogP contribution < -0.4 is 30.4 Å². The smallest absolute Gasteiger partial charge is 0.264 e. The Morgan fingerprint density at radius 1 is 0.469 bits per heavy atom. The molecule has 9 aromatic rings.